The molecule has 0 aliphatic rings. The van der Waals surface area contributed by atoms with Crippen LogP contribution in [0.1, 0.15) is 18.1 Å². The summed E-state index contributed by atoms with van der Waals surface area (Å²) >= 11 is 0. The highest BCUT2D eigenvalue weighted by Crippen LogP contribution is 2.27. The summed E-state index contributed by atoms with van der Waals surface area (Å²) in [7, 11) is 5.18. The molecule has 0 unspecified atom stereocenters. The molecular weight excluding hydrogens is 503 g/mol. The zero-order chi connectivity index (χ0) is 21.2. The third-order valence-corrected chi connectivity index (χ3v) is 4.55. The Bertz CT molecular complexity index is 834. The fourth-order valence-corrected chi connectivity index (χ4v) is 2.93. The first-order valence-corrected chi connectivity index (χ1v) is 9.63. The van der Waals surface area contributed by atoms with Crippen molar-refractivity contribution in [2.75, 3.05) is 40.9 Å². The highest BCUT2D eigenvalue weighted by atomic mass is 127. The van der Waals surface area contributed by atoms with Gasteiger partial charge in [-0.2, -0.15) is 0 Å². The summed E-state index contributed by atoms with van der Waals surface area (Å²) in [6.45, 7) is 3.80. The van der Waals surface area contributed by atoms with E-state index in [9.17, 15) is 8.78 Å². The Morgan fingerprint density at radius 1 is 1.07 bits per heavy atom. The fourth-order valence-electron chi connectivity index (χ4n) is 2.93. The minimum atomic E-state index is -0.828. The highest BCUT2D eigenvalue weighted by molar-refractivity contribution is 14.0. The van der Waals surface area contributed by atoms with E-state index in [1.807, 2.05) is 37.1 Å². The summed E-state index contributed by atoms with van der Waals surface area (Å²) in [6, 6.07) is 10.1. The zero-order valence-corrected chi connectivity index (χ0v) is 20.2. The van der Waals surface area contributed by atoms with Gasteiger partial charge in [0.2, 0.25) is 0 Å². The molecule has 0 heterocycles. The van der Waals surface area contributed by atoms with E-state index in [4.69, 9.17) is 9.47 Å². The van der Waals surface area contributed by atoms with E-state index in [2.05, 4.69) is 10.3 Å². The van der Waals surface area contributed by atoms with Gasteiger partial charge < -0.3 is 19.7 Å². The molecule has 0 saturated carbocycles. The quantitative estimate of drug-likeness (QED) is 0.297. The number of aliphatic imine (C=N–C) groups is 1. The molecule has 2 rings (SSSR count). The number of guanidine groups is 1. The van der Waals surface area contributed by atoms with Gasteiger partial charge in [0.25, 0.3) is 0 Å². The smallest absolute Gasteiger partial charge is 0.193 e. The number of rotatable bonds is 9. The summed E-state index contributed by atoms with van der Waals surface area (Å²) in [5, 5.41) is 3.24. The molecule has 2 aromatic carbocycles. The van der Waals surface area contributed by atoms with E-state index >= 15 is 0 Å². The van der Waals surface area contributed by atoms with Crippen LogP contribution in [0.2, 0.25) is 0 Å². The summed E-state index contributed by atoms with van der Waals surface area (Å²) in [5.74, 6) is 0.499. The molecule has 8 heteroatoms. The first-order chi connectivity index (χ1) is 14.0. The van der Waals surface area contributed by atoms with Gasteiger partial charge in [-0.05, 0) is 49.1 Å². The molecule has 30 heavy (non-hydrogen) atoms. The van der Waals surface area contributed by atoms with Crippen LogP contribution in [0.15, 0.2) is 41.4 Å². The molecule has 166 valence electrons. The summed E-state index contributed by atoms with van der Waals surface area (Å²) < 4.78 is 37.7. The normalized spacial score (nSPS) is 10.9. The first-order valence-electron chi connectivity index (χ1n) is 9.63. The third-order valence-electron chi connectivity index (χ3n) is 4.55. The number of nitrogens with zero attached hydrogens (tertiary/aromatic N) is 2. The number of halogens is 3. The second kappa shape index (κ2) is 13.3. The van der Waals surface area contributed by atoms with Crippen LogP contribution in [0.5, 0.6) is 11.5 Å². The van der Waals surface area contributed by atoms with Crippen LogP contribution in [0, 0.1) is 11.6 Å². The minimum absolute atomic E-state index is 0. The van der Waals surface area contributed by atoms with E-state index in [1.54, 1.807) is 20.3 Å². The van der Waals surface area contributed by atoms with Gasteiger partial charge in [0.15, 0.2) is 29.1 Å². The molecule has 0 amide bonds. The molecule has 0 aliphatic carbocycles. The lowest BCUT2D eigenvalue weighted by Gasteiger charge is -2.22. The number of benzene rings is 2. The van der Waals surface area contributed by atoms with Gasteiger partial charge in [-0.3, -0.25) is 4.99 Å². The van der Waals surface area contributed by atoms with Gasteiger partial charge >= 0.3 is 0 Å². The van der Waals surface area contributed by atoms with E-state index in [1.165, 1.54) is 6.07 Å². The molecule has 0 radical (unpaired) electrons. The van der Waals surface area contributed by atoms with Gasteiger partial charge in [0.1, 0.15) is 0 Å². The van der Waals surface area contributed by atoms with Crippen LogP contribution in [0.4, 0.5) is 8.78 Å². The highest BCUT2D eigenvalue weighted by Gasteiger charge is 2.10. The number of likely N-dealkylation sites (N-methyl/N-ethyl adjacent to an activating group) is 1. The molecule has 2 aromatic rings. The maximum atomic E-state index is 13.8. The summed E-state index contributed by atoms with van der Waals surface area (Å²) in [6.07, 6.45) is 1.13. The number of nitrogens with one attached hydrogen (secondary N) is 1. The molecule has 0 bridgehead atoms. The Labute approximate surface area is 194 Å². The van der Waals surface area contributed by atoms with Crippen molar-refractivity contribution in [3.63, 3.8) is 0 Å². The average Bonchev–Trinajstić information content (AvgIpc) is 2.74. The Hall–Kier alpha value is -2.10. The maximum Gasteiger partial charge on any atom is 0.193 e. The number of hydrogen-bond donors (Lipinski definition) is 1. The van der Waals surface area contributed by atoms with Crippen LogP contribution in [0.25, 0.3) is 0 Å². The van der Waals surface area contributed by atoms with Crippen LogP contribution >= 0.6 is 24.0 Å². The van der Waals surface area contributed by atoms with Gasteiger partial charge in [-0.15, -0.1) is 24.0 Å². The predicted molar refractivity (Wildman–Crippen MR) is 127 cm³/mol. The lowest BCUT2D eigenvalue weighted by atomic mass is 10.1. The van der Waals surface area contributed by atoms with E-state index in [0.717, 1.165) is 30.6 Å². The largest absolute Gasteiger partial charge is 0.493 e. The number of ether oxygens (including phenoxy) is 2. The molecule has 0 aliphatic heterocycles. The van der Waals surface area contributed by atoms with Gasteiger partial charge in [0, 0.05) is 26.7 Å². The molecule has 1 N–H and O–H groups in total. The Morgan fingerprint density at radius 3 is 2.47 bits per heavy atom. The topological polar surface area (TPSA) is 46.1 Å². The Kier molecular flexibility index (Phi) is 11.5. The van der Waals surface area contributed by atoms with Gasteiger partial charge in [-0.1, -0.05) is 18.2 Å². The van der Waals surface area contributed by atoms with Crippen LogP contribution in [0.3, 0.4) is 0 Å². The van der Waals surface area contributed by atoms with Crippen molar-refractivity contribution in [1.82, 2.24) is 10.2 Å². The average molecular weight is 533 g/mol. The minimum Gasteiger partial charge on any atom is -0.493 e. The van der Waals surface area contributed by atoms with Crippen LogP contribution in [-0.2, 0) is 12.8 Å². The maximum absolute atomic E-state index is 13.8. The summed E-state index contributed by atoms with van der Waals surface area (Å²) in [5.41, 5.74) is 1.45. The van der Waals surface area contributed by atoms with Crippen LogP contribution < -0.4 is 14.8 Å². The van der Waals surface area contributed by atoms with Gasteiger partial charge in [-0.25, -0.2) is 8.78 Å². The Balaban J connectivity index is 0.00000450. The third kappa shape index (κ3) is 7.30. The molecule has 0 aromatic heterocycles. The van der Waals surface area contributed by atoms with Crippen molar-refractivity contribution in [3.8, 4) is 11.5 Å². The Morgan fingerprint density at radius 2 is 1.80 bits per heavy atom. The van der Waals surface area contributed by atoms with E-state index in [-0.39, 0.29) is 24.0 Å². The van der Waals surface area contributed by atoms with Crippen LogP contribution in [-0.4, -0.2) is 51.8 Å². The molecule has 0 saturated heterocycles. The van der Waals surface area contributed by atoms with Crippen molar-refractivity contribution in [2.45, 2.75) is 19.8 Å². The van der Waals surface area contributed by atoms with Crippen molar-refractivity contribution in [1.29, 1.82) is 0 Å². The second-order valence-electron chi connectivity index (χ2n) is 6.56. The summed E-state index contributed by atoms with van der Waals surface area (Å²) in [4.78, 5) is 6.57. The van der Waals surface area contributed by atoms with Gasteiger partial charge in [0.05, 0.1) is 14.2 Å². The lowest BCUT2D eigenvalue weighted by Crippen LogP contribution is -2.40. The molecule has 5 nitrogen and oxygen atoms in total. The number of hydrogen-bond acceptors (Lipinski definition) is 3. The van der Waals surface area contributed by atoms with Crippen molar-refractivity contribution < 1.29 is 18.3 Å². The van der Waals surface area contributed by atoms with Crippen molar-refractivity contribution in [3.05, 3.63) is 59.2 Å². The van der Waals surface area contributed by atoms with E-state index in [0.29, 0.717) is 36.6 Å². The number of methoxy groups -OCH3 is 2. The van der Waals surface area contributed by atoms with Crippen molar-refractivity contribution >= 4 is 29.9 Å². The monoisotopic (exact) mass is 533 g/mol. The SMILES string of the molecule is CCNC(=NCCc1cccc(F)c1F)N(C)CCc1ccc(OC)c(OC)c1.I. The lowest BCUT2D eigenvalue weighted by molar-refractivity contribution is 0.354. The molecular formula is C22H30F2IN3O2. The molecule has 0 fully saturated rings. The first kappa shape index (κ1) is 25.9. The predicted octanol–water partition coefficient (Wildman–Crippen LogP) is 4.28. The fraction of sp³-hybridized carbons (Fsp3) is 0.409. The molecule has 0 atom stereocenters. The standard InChI is InChI=1S/C22H29F2N3O2.HI/c1-5-25-22(26-13-11-17-7-6-8-18(23)21(17)24)27(2)14-12-16-9-10-19(28-3)20(15-16)29-4;/h6-10,15H,5,11-14H2,1-4H3,(H,25,26);1H. The van der Waals surface area contributed by atoms with E-state index < -0.39 is 11.6 Å². The zero-order valence-electron chi connectivity index (χ0n) is 17.9. The van der Waals surface area contributed by atoms with Crippen molar-refractivity contribution in [2.24, 2.45) is 4.99 Å². The molecule has 0 spiro atoms. The second-order valence-corrected chi connectivity index (χ2v) is 6.56.